The van der Waals surface area contributed by atoms with E-state index in [1.165, 1.54) is 20.3 Å². The summed E-state index contributed by atoms with van der Waals surface area (Å²) in [5.74, 6) is 3.74. The second-order valence-corrected chi connectivity index (χ2v) is 5.53. The van der Waals surface area contributed by atoms with Crippen LogP contribution in [0.4, 0.5) is 0 Å². The Labute approximate surface area is 122 Å². The van der Waals surface area contributed by atoms with E-state index in [2.05, 4.69) is 16.6 Å². The molecule has 21 heavy (non-hydrogen) atoms. The van der Waals surface area contributed by atoms with Gasteiger partial charge in [0.05, 0.1) is 25.7 Å². The molecule has 0 aromatic heterocycles. The monoisotopic (exact) mass is 313 g/mol. The lowest BCUT2D eigenvalue weighted by atomic mass is 10.2. The second kappa shape index (κ2) is 6.97. The van der Waals surface area contributed by atoms with E-state index >= 15 is 0 Å². The van der Waals surface area contributed by atoms with E-state index < -0.39 is 16.0 Å². The van der Waals surface area contributed by atoms with Crippen LogP contribution in [-0.2, 0) is 10.0 Å². The summed E-state index contributed by atoms with van der Waals surface area (Å²) >= 11 is 0. The average molecular weight is 313 g/mol. The summed E-state index contributed by atoms with van der Waals surface area (Å²) < 4.78 is 36.3. The number of ether oxygens (including phenoxy) is 2. The van der Waals surface area contributed by atoms with Crippen molar-refractivity contribution in [2.75, 3.05) is 20.8 Å². The van der Waals surface area contributed by atoms with Crippen LogP contribution >= 0.6 is 0 Å². The molecule has 0 aliphatic carbocycles. The van der Waals surface area contributed by atoms with E-state index in [0.29, 0.717) is 0 Å². The number of nitrogens with one attached hydrogen (secondary N) is 1. The number of carbonyl (C=O) groups is 1. The standard InChI is InChI=1S/C13H15NO6S/c1-4-5-6-14-21(17,18)9-7-10(13(15)16)12(20-3)11(8-9)19-2/h7-8,14H,6H2,1-3H3,(H,15,16). The Bertz CT molecular complexity index is 699. The maximum absolute atomic E-state index is 12.1. The molecule has 0 aliphatic heterocycles. The van der Waals surface area contributed by atoms with E-state index in [-0.39, 0.29) is 28.5 Å². The number of hydrogen-bond donors (Lipinski definition) is 2. The normalized spacial score (nSPS) is 10.4. The highest BCUT2D eigenvalue weighted by atomic mass is 32.2. The molecular weight excluding hydrogens is 298 g/mol. The highest BCUT2D eigenvalue weighted by Gasteiger charge is 2.23. The zero-order valence-electron chi connectivity index (χ0n) is 11.8. The van der Waals surface area contributed by atoms with Gasteiger partial charge in [0.15, 0.2) is 11.5 Å². The SMILES string of the molecule is CC#CCNS(=O)(=O)c1cc(OC)c(OC)c(C(=O)O)c1. The lowest BCUT2D eigenvalue weighted by Crippen LogP contribution is -2.24. The molecule has 0 atom stereocenters. The molecule has 0 saturated carbocycles. The van der Waals surface area contributed by atoms with E-state index in [9.17, 15) is 13.2 Å². The molecular formula is C13H15NO6S. The third-order valence-corrected chi connectivity index (χ3v) is 3.90. The van der Waals surface area contributed by atoms with Crippen LogP contribution in [0.3, 0.4) is 0 Å². The zero-order valence-corrected chi connectivity index (χ0v) is 12.6. The maximum Gasteiger partial charge on any atom is 0.339 e. The summed E-state index contributed by atoms with van der Waals surface area (Å²) in [4.78, 5) is 11.0. The van der Waals surface area contributed by atoms with Crippen LogP contribution in [0.15, 0.2) is 17.0 Å². The van der Waals surface area contributed by atoms with E-state index in [0.717, 1.165) is 6.07 Å². The van der Waals surface area contributed by atoms with Crippen molar-refractivity contribution in [3.05, 3.63) is 17.7 Å². The first kappa shape index (κ1) is 16.8. The van der Waals surface area contributed by atoms with Crippen LogP contribution in [0.1, 0.15) is 17.3 Å². The van der Waals surface area contributed by atoms with Crippen molar-refractivity contribution in [1.82, 2.24) is 4.72 Å². The quantitative estimate of drug-likeness (QED) is 0.750. The maximum atomic E-state index is 12.1. The van der Waals surface area contributed by atoms with Gasteiger partial charge in [-0.05, 0) is 13.0 Å². The second-order valence-electron chi connectivity index (χ2n) is 3.76. The van der Waals surface area contributed by atoms with Gasteiger partial charge < -0.3 is 14.6 Å². The van der Waals surface area contributed by atoms with Crippen molar-refractivity contribution in [2.45, 2.75) is 11.8 Å². The van der Waals surface area contributed by atoms with Gasteiger partial charge in [-0.25, -0.2) is 13.2 Å². The van der Waals surface area contributed by atoms with Gasteiger partial charge in [-0.2, -0.15) is 4.72 Å². The lowest BCUT2D eigenvalue weighted by Gasteiger charge is -2.13. The van der Waals surface area contributed by atoms with Crippen molar-refractivity contribution in [2.24, 2.45) is 0 Å². The van der Waals surface area contributed by atoms with Crippen LogP contribution in [-0.4, -0.2) is 40.3 Å². The first-order valence-corrected chi connectivity index (χ1v) is 7.24. The van der Waals surface area contributed by atoms with Gasteiger partial charge in [-0.15, -0.1) is 5.92 Å². The Balaban J connectivity index is 3.40. The van der Waals surface area contributed by atoms with Gasteiger partial charge in [-0.3, -0.25) is 0 Å². The minimum Gasteiger partial charge on any atom is -0.493 e. The number of rotatable bonds is 6. The van der Waals surface area contributed by atoms with Gasteiger partial charge in [0, 0.05) is 6.07 Å². The summed E-state index contributed by atoms with van der Waals surface area (Å²) in [5, 5.41) is 9.15. The zero-order chi connectivity index (χ0) is 16.0. The molecule has 8 heteroatoms. The molecule has 7 nitrogen and oxygen atoms in total. The molecule has 1 aromatic carbocycles. The van der Waals surface area contributed by atoms with Crippen LogP contribution < -0.4 is 14.2 Å². The summed E-state index contributed by atoms with van der Waals surface area (Å²) in [7, 11) is -1.34. The average Bonchev–Trinajstić information content (AvgIpc) is 2.45. The highest BCUT2D eigenvalue weighted by Crippen LogP contribution is 2.34. The fraction of sp³-hybridized carbons (Fsp3) is 0.308. The van der Waals surface area contributed by atoms with Gasteiger partial charge in [-0.1, -0.05) is 5.92 Å². The first-order valence-electron chi connectivity index (χ1n) is 5.76. The number of carboxylic acids is 1. The largest absolute Gasteiger partial charge is 0.493 e. The topological polar surface area (TPSA) is 102 Å². The van der Waals surface area contributed by atoms with Crippen LogP contribution in [0, 0.1) is 11.8 Å². The Morgan fingerprint density at radius 2 is 2.00 bits per heavy atom. The summed E-state index contributed by atoms with van der Waals surface area (Å²) in [5.41, 5.74) is -0.307. The fourth-order valence-electron chi connectivity index (χ4n) is 1.56. The predicted octanol–water partition coefficient (Wildman–Crippen LogP) is 0.704. The Hall–Kier alpha value is -2.24. The number of hydrogen-bond acceptors (Lipinski definition) is 5. The number of methoxy groups -OCH3 is 2. The van der Waals surface area contributed by atoms with Crippen LogP contribution in [0.2, 0.25) is 0 Å². The molecule has 0 fully saturated rings. The number of carboxylic acid groups (broad SMARTS) is 1. The Kier molecular flexibility index (Phi) is 5.58. The van der Waals surface area contributed by atoms with Crippen molar-refractivity contribution in [1.29, 1.82) is 0 Å². The van der Waals surface area contributed by atoms with E-state index in [4.69, 9.17) is 14.6 Å². The molecule has 1 rings (SSSR count). The molecule has 114 valence electrons. The molecule has 0 aliphatic rings. The molecule has 0 unspecified atom stereocenters. The molecule has 1 aromatic rings. The molecule has 0 amide bonds. The third kappa shape index (κ3) is 3.87. The van der Waals surface area contributed by atoms with Crippen molar-refractivity contribution in [3.63, 3.8) is 0 Å². The molecule has 0 bridgehead atoms. The minimum atomic E-state index is -3.90. The van der Waals surface area contributed by atoms with Gasteiger partial charge in [0.25, 0.3) is 0 Å². The fourth-order valence-corrected chi connectivity index (χ4v) is 2.52. The first-order chi connectivity index (χ1) is 9.87. The molecule has 0 radical (unpaired) electrons. The van der Waals surface area contributed by atoms with Crippen molar-refractivity contribution in [3.8, 4) is 23.3 Å². The smallest absolute Gasteiger partial charge is 0.339 e. The van der Waals surface area contributed by atoms with E-state index in [1.54, 1.807) is 6.92 Å². The molecule has 0 spiro atoms. The van der Waals surface area contributed by atoms with Crippen LogP contribution in [0.5, 0.6) is 11.5 Å². The molecule has 2 N–H and O–H groups in total. The lowest BCUT2D eigenvalue weighted by molar-refractivity contribution is 0.0692. The minimum absolute atomic E-state index is 0.0133. The third-order valence-electron chi connectivity index (χ3n) is 2.52. The van der Waals surface area contributed by atoms with Gasteiger partial charge >= 0.3 is 5.97 Å². The van der Waals surface area contributed by atoms with Crippen LogP contribution in [0.25, 0.3) is 0 Å². The highest BCUT2D eigenvalue weighted by molar-refractivity contribution is 7.89. The van der Waals surface area contributed by atoms with Gasteiger partial charge in [0.1, 0.15) is 5.56 Å². The number of sulfonamides is 1. The van der Waals surface area contributed by atoms with E-state index in [1.807, 2.05) is 0 Å². The predicted molar refractivity (Wildman–Crippen MR) is 75.1 cm³/mol. The Morgan fingerprint density at radius 1 is 1.33 bits per heavy atom. The van der Waals surface area contributed by atoms with Gasteiger partial charge in [0.2, 0.25) is 10.0 Å². The summed E-state index contributed by atoms with van der Waals surface area (Å²) in [6, 6.07) is 2.19. The Morgan fingerprint density at radius 3 is 2.48 bits per heavy atom. The number of aromatic carboxylic acids is 1. The van der Waals surface area contributed by atoms with Crippen molar-refractivity contribution >= 4 is 16.0 Å². The summed E-state index contributed by atoms with van der Waals surface area (Å²) in [6.07, 6.45) is 0. The molecule has 0 saturated heterocycles. The number of benzene rings is 1. The summed E-state index contributed by atoms with van der Waals surface area (Å²) in [6.45, 7) is 1.50. The molecule has 0 heterocycles. The van der Waals surface area contributed by atoms with Crippen molar-refractivity contribution < 1.29 is 27.8 Å².